The van der Waals surface area contributed by atoms with Crippen LogP contribution in [0.25, 0.3) is 0 Å². The van der Waals surface area contributed by atoms with Gasteiger partial charge in [0.25, 0.3) is 0 Å². The van der Waals surface area contributed by atoms with E-state index in [0.29, 0.717) is 15.7 Å². The van der Waals surface area contributed by atoms with Crippen LogP contribution in [0, 0.1) is 0 Å². The van der Waals surface area contributed by atoms with Gasteiger partial charge in [-0.25, -0.2) is 0 Å². The van der Waals surface area contributed by atoms with E-state index in [1.54, 1.807) is 18.2 Å². The number of nitrogens with one attached hydrogen (secondary N) is 1. The molecule has 0 radical (unpaired) electrons. The molecule has 2 rings (SSSR count). The van der Waals surface area contributed by atoms with Crippen LogP contribution in [0.5, 0.6) is 0 Å². The molecule has 0 spiro atoms. The monoisotopic (exact) mass is 311 g/mol. The average molecular weight is 312 g/mol. The molecular weight excluding hydrogens is 301 g/mol. The fraction of sp³-hybridized carbons (Fsp3) is 0.0714. The molecule has 0 saturated carbocycles. The van der Waals surface area contributed by atoms with Crippen LogP contribution < -0.4 is 5.32 Å². The van der Waals surface area contributed by atoms with Crippen LogP contribution in [0.4, 0.5) is 11.4 Å². The lowest BCUT2D eigenvalue weighted by atomic mass is 10.1. The molecule has 0 saturated heterocycles. The lowest BCUT2D eigenvalue weighted by Gasteiger charge is -2.13. The Labute approximate surface area is 127 Å². The number of hydrogen-bond donors (Lipinski definition) is 2. The SMILES string of the molecule is O=C(S)Cc1ccccc1Nc1c(Cl)cccc1Cl. The van der Waals surface area contributed by atoms with Crippen molar-refractivity contribution in [2.75, 3.05) is 5.32 Å². The Morgan fingerprint density at radius 1 is 1.05 bits per heavy atom. The Morgan fingerprint density at radius 3 is 2.32 bits per heavy atom. The number of para-hydroxylation sites is 2. The van der Waals surface area contributed by atoms with Gasteiger partial charge in [0.05, 0.1) is 15.7 Å². The Bertz CT molecular complexity index is 596. The summed E-state index contributed by atoms with van der Waals surface area (Å²) in [5, 5.41) is 4.02. The van der Waals surface area contributed by atoms with E-state index < -0.39 is 0 Å². The van der Waals surface area contributed by atoms with E-state index in [9.17, 15) is 4.79 Å². The predicted octanol–water partition coefficient (Wildman–Crippen LogP) is 4.74. The maximum Gasteiger partial charge on any atom is 0.190 e. The van der Waals surface area contributed by atoms with Crippen molar-refractivity contribution in [2.45, 2.75) is 6.42 Å². The van der Waals surface area contributed by atoms with E-state index >= 15 is 0 Å². The molecule has 0 aliphatic rings. The van der Waals surface area contributed by atoms with E-state index in [1.165, 1.54) is 0 Å². The smallest absolute Gasteiger partial charge is 0.190 e. The van der Waals surface area contributed by atoms with Gasteiger partial charge in [0.1, 0.15) is 0 Å². The van der Waals surface area contributed by atoms with Crippen molar-refractivity contribution in [3.05, 3.63) is 58.1 Å². The van der Waals surface area contributed by atoms with E-state index in [1.807, 2.05) is 24.3 Å². The van der Waals surface area contributed by atoms with Gasteiger partial charge < -0.3 is 5.32 Å². The summed E-state index contributed by atoms with van der Waals surface area (Å²) in [7, 11) is 0. The van der Waals surface area contributed by atoms with Crippen molar-refractivity contribution in [3.63, 3.8) is 0 Å². The van der Waals surface area contributed by atoms with E-state index in [4.69, 9.17) is 23.2 Å². The maximum absolute atomic E-state index is 11.1. The Hall–Kier alpha value is -1.16. The zero-order valence-electron chi connectivity index (χ0n) is 9.86. The predicted molar refractivity (Wildman–Crippen MR) is 83.9 cm³/mol. The molecule has 0 aliphatic heterocycles. The first-order chi connectivity index (χ1) is 9.08. The third-order valence-corrected chi connectivity index (χ3v) is 3.37. The van der Waals surface area contributed by atoms with Gasteiger partial charge >= 0.3 is 0 Å². The number of benzene rings is 2. The van der Waals surface area contributed by atoms with Crippen LogP contribution in [0.1, 0.15) is 5.56 Å². The zero-order valence-corrected chi connectivity index (χ0v) is 12.3. The second-order valence-corrected chi connectivity index (χ2v) is 5.26. The molecule has 0 aromatic heterocycles. The fourth-order valence-electron chi connectivity index (χ4n) is 1.71. The molecule has 0 atom stereocenters. The second-order valence-electron chi connectivity index (χ2n) is 3.95. The normalized spacial score (nSPS) is 10.3. The Kier molecular flexibility index (Phi) is 4.75. The summed E-state index contributed by atoms with van der Waals surface area (Å²) in [5.74, 6) is 0. The summed E-state index contributed by atoms with van der Waals surface area (Å²) in [5.41, 5.74) is 2.27. The highest BCUT2D eigenvalue weighted by atomic mass is 35.5. The molecule has 2 aromatic carbocycles. The van der Waals surface area contributed by atoms with E-state index in [2.05, 4.69) is 17.9 Å². The highest BCUT2D eigenvalue weighted by Crippen LogP contribution is 2.33. The van der Waals surface area contributed by atoms with Gasteiger partial charge in [-0.2, -0.15) is 0 Å². The number of carbonyl (C=O) groups excluding carboxylic acids is 1. The number of thiol groups is 1. The molecule has 5 heteroatoms. The minimum atomic E-state index is -0.195. The number of halogens is 2. The Morgan fingerprint density at radius 2 is 1.68 bits per heavy atom. The molecule has 0 fully saturated rings. The van der Waals surface area contributed by atoms with E-state index in [-0.39, 0.29) is 11.5 Å². The first-order valence-corrected chi connectivity index (χ1v) is 6.79. The number of rotatable bonds is 4. The third-order valence-electron chi connectivity index (χ3n) is 2.58. The van der Waals surface area contributed by atoms with Gasteiger partial charge in [-0.1, -0.05) is 47.5 Å². The van der Waals surface area contributed by atoms with Crippen molar-refractivity contribution in [3.8, 4) is 0 Å². The number of anilines is 2. The van der Waals surface area contributed by atoms with Crippen molar-refractivity contribution in [1.82, 2.24) is 0 Å². The van der Waals surface area contributed by atoms with Crippen molar-refractivity contribution >= 4 is 52.3 Å². The summed E-state index contributed by atoms with van der Waals surface area (Å²) in [4.78, 5) is 11.1. The average Bonchev–Trinajstić information content (AvgIpc) is 2.35. The van der Waals surface area contributed by atoms with Crippen molar-refractivity contribution in [2.24, 2.45) is 0 Å². The molecule has 0 heterocycles. The number of hydrogen-bond acceptors (Lipinski definition) is 2. The first-order valence-electron chi connectivity index (χ1n) is 5.58. The summed E-state index contributed by atoms with van der Waals surface area (Å²) in [6, 6.07) is 12.8. The lowest BCUT2D eigenvalue weighted by Crippen LogP contribution is -2.00. The topological polar surface area (TPSA) is 29.1 Å². The summed E-state index contributed by atoms with van der Waals surface area (Å²) >= 11 is 16.0. The minimum absolute atomic E-state index is 0.195. The van der Waals surface area contributed by atoms with Gasteiger partial charge in [-0.15, -0.1) is 12.6 Å². The molecule has 1 N–H and O–H groups in total. The first kappa shape index (κ1) is 14.3. The maximum atomic E-state index is 11.1. The fourth-order valence-corrected chi connectivity index (χ4v) is 2.37. The largest absolute Gasteiger partial charge is 0.353 e. The molecule has 19 heavy (non-hydrogen) atoms. The molecule has 2 nitrogen and oxygen atoms in total. The minimum Gasteiger partial charge on any atom is -0.353 e. The highest BCUT2D eigenvalue weighted by Gasteiger charge is 2.09. The molecule has 98 valence electrons. The van der Waals surface area contributed by atoms with Crippen LogP contribution in [-0.4, -0.2) is 5.12 Å². The van der Waals surface area contributed by atoms with Crippen LogP contribution in [-0.2, 0) is 11.2 Å². The Balaban J connectivity index is 2.36. The summed E-state index contributed by atoms with van der Waals surface area (Å²) < 4.78 is 0. The van der Waals surface area contributed by atoms with Crippen LogP contribution in [0.2, 0.25) is 10.0 Å². The van der Waals surface area contributed by atoms with Crippen LogP contribution in [0.3, 0.4) is 0 Å². The molecular formula is C14H11Cl2NOS. The van der Waals surface area contributed by atoms with Crippen molar-refractivity contribution in [1.29, 1.82) is 0 Å². The molecule has 0 unspecified atom stereocenters. The lowest BCUT2D eigenvalue weighted by molar-refractivity contribution is -0.110. The zero-order chi connectivity index (χ0) is 13.8. The van der Waals surface area contributed by atoms with Gasteiger partial charge in [0, 0.05) is 12.1 Å². The van der Waals surface area contributed by atoms with Gasteiger partial charge in [-0.3, -0.25) is 4.79 Å². The van der Waals surface area contributed by atoms with Crippen molar-refractivity contribution < 1.29 is 4.79 Å². The standard InChI is InChI=1S/C14H11Cl2NOS/c15-10-5-3-6-11(16)14(10)17-12-7-2-1-4-9(12)8-13(18)19/h1-7,17H,8H2,(H,18,19). The molecule has 0 bridgehead atoms. The molecule has 0 aliphatic carbocycles. The molecule has 2 aromatic rings. The van der Waals surface area contributed by atoms with E-state index in [0.717, 1.165) is 11.3 Å². The quantitative estimate of drug-likeness (QED) is 0.799. The second kappa shape index (κ2) is 6.33. The summed E-state index contributed by atoms with van der Waals surface area (Å²) in [6.45, 7) is 0. The highest BCUT2D eigenvalue weighted by molar-refractivity contribution is 7.96. The van der Waals surface area contributed by atoms with Crippen LogP contribution >= 0.6 is 35.8 Å². The van der Waals surface area contributed by atoms with Gasteiger partial charge in [0.15, 0.2) is 5.12 Å². The van der Waals surface area contributed by atoms with Gasteiger partial charge in [-0.05, 0) is 23.8 Å². The van der Waals surface area contributed by atoms with Crippen LogP contribution in [0.15, 0.2) is 42.5 Å². The summed E-state index contributed by atoms with van der Waals surface area (Å²) in [6.07, 6.45) is 0.244. The molecule has 0 amide bonds. The number of carbonyl (C=O) groups is 1. The third kappa shape index (κ3) is 3.66. The van der Waals surface area contributed by atoms with Gasteiger partial charge in [0.2, 0.25) is 0 Å².